The highest BCUT2D eigenvalue weighted by Crippen LogP contribution is 2.22. The molecule has 0 saturated heterocycles. The number of oxazole rings is 1. The van der Waals surface area contributed by atoms with E-state index in [1.165, 1.54) is 25.7 Å². The van der Waals surface area contributed by atoms with E-state index in [0.717, 1.165) is 29.9 Å². The van der Waals surface area contributed by atoms with Crippen LogP contribution < -0.4 is 5.32 Å². The predicted octanol–water partition coefficient (Wildman–Crippen LogP) is 4.42. The number of nitrogens with one attached hydrogen (secondary N) is 1. The van der Waals surface area contributed by atoms with Crippen LogP contribution in [0.4, 0.5) is 0 Å². The first kappa shape index (κ1) is 16.7. The number of hydrogen-bond acceptors (Lipinski definition) is 3. The van der Waals surface area contributed by atoms with Gasteiger partial charge in [-0.05, 0) is 31.9 Å². The number of aromatic nitrogens is 1. The summed E-state index contributed by atoms with van der Waals surface area (Å²) in [7, 11) is 0. The maximum absolute atomic E-state index is 12.2. The minimum atomic E-state index is 0.130. The summed E-state index contributed by atoms with van der Waals surface area (Å²) in [6.07, 6.45) is 8.39. The summed E-state index contributed by atoms with van der Waals surface area (Å²) in [5.41, 5.74) is 1.85. The zero-order valence-corrected chi connectivity index (χ0v) is 14.4. The van der Waals surface area contributed by atoms with Gasteiger partial charge >= 0.3 is 0 Å². The smallest absolute Gasteiger partial charge is 0.226 e. The molecule has 4 heteroatoms. The summed E-state index contributed by atoms with van der Waals surface area (Å²) in [6.45, 7) is 1.91. The van der Waals surface area contributed by atoms with Gasteiger partial charge in [0.05, 0.1) is 5.69 Å². The van der Waals surface area contributed by atoms with Gasteiger partial charge in [0.25, 0.3) is 0 Å². The quantitative estimate of drug-likeness (QED) is 0.827. The van der Waals surface area contributed by atoms with Crippen LogP contribution in [0.2, 0.25) is 0 Å². The van der Waals surface area contributed by atoms with Crippen LogP contribution in [-0.2, 0) is 11.2 Å². The van der Waals surface area contributed by atoms with E-state index >= 15 is 0 Å². The molecule has 1 aromatic heterocycles. The molecule has 0 spiro atoms. The summed E-state index contributed by atoms with van der Waals surface area (Å²) < 4.78 is 5.76. The lowest BCUT2D eigenvalue weighted by Crippen LogP contribution is -2.34. The fourth-order valence-electron chi connectivity index (χ4n) is 3.32. The van der Waals surface area contributed by atoms with Gasteiger partial charge in [-0.1, -0.05) is 43.9 Å². The molecule has 1 aliphatic rings. The fourth-order valence-corrected chi connectivity index (χ4v) is 3.32. The lowest BCUT2D eigenvalue weighted by molar-refractivity contribution is -0.121. The molecule has 1 amide bonds. The Morgan fingerprint density at radius 2 is 1.88 bits per heavy atom. The predicted molar refractivity (Wildman–Crippen MR) is 94.6 cm³/mol. The Kier molecular flexibility index (Phi) is 5.68. The second-order valence-corrected chi connectivity index (χ2v) is 6.64. The summed E-state index contributed by atoms with van der Waals surface area (Å²) in [4.78, 5) is 16.8. The third kappa shape index (κ3) is 4.47. The maximum Gasteiger partial charge on any atom is 0.226 e. The molecule has 4 nitrogen and oxygen atoms in total. The Morgan fingerprint density at radius 1 is 1.17 bits per heavy atom. The highest BCUT2D eigenvalue weighted by molar-refractivity contribution is 5.76. The molecular weight excluding hydrogens is 300 g/mol. The summed E-state index contributed by atoms with van der Waals surface area (Å²) in [6, 6.07) is 10.2. The first-order chi connectivity index (χ1) is 11.7. The number of rotatable bonds is 5. The second-order valence-electron chi connectivity index (χ2n) is 6.64. The minimum Gasteiger partial charge on any atom is -0.441 e. The Labute approximate surface area is 143 Å². The van der Waals surface area contributed by atoms with Gasteiger partial charge in [0, 0.05) is 24.4 Å². The van der Waals surface area contributed by atoms with Crippen LogP contribution in [0.5, 0.6) is 0 Å². The second kappa shape index (κ2) is 8.13. The van der Waals surface area contributed by atoms with Gasteiger partial charge in [-0.25, -0.2) is 4.98 Å². The topological polar surface area (TPSA) is 55.1 Å². The van der Waals surface area contributed by atoms with E-state index in [1.54, 1.807) is 0 Å². The van der Waals surface area contributed by atoms with Crippen molar-refractivity contribution in [1.82, 2.24) is 10.3 Å². The summed E-state index contributed by atoms with van der Waals surface area (Å²) >= 11 is 0. The van der Waals surface area contributed by atoms with Crippen molar-refractivity contribution in [2.75, 3.05) is 0 Å². The number of aryl methyl sites for hydroxylation is 2. The van der Waals surface area contributed by atoms with Gasteiger partial charge in [-0.15, -0.1) is 0 Å². The normalized spacial score (nSPS) is 15.9. The zero-order valence-electron chi connectivity index (χ0n) is 14.4. The number of carbonyl (C=O) groups excluding carboxylic acids is 1. The van der Waals surface area contributed by atoms with E-state index in [-0.39, 0.29) is 5.91 Å². The van der Waals surface area contributed by atoms with Crippen molar-refractivity contribution in [3.05, 3.63) is 41.8 Å². The average molecular weight is 326 g/mol. The van der Waals surface area contributed by atoms with Crippen molar-refractivity contribution in [2.24, 2.45) is 0 Å². The van der Waals surface area contributed by atoms with Crippen molar-refractivity contribution >= 4 is 5.91 Å². The number of carbonyl (C=O) groups is 1. The molecule has 1 saturated carbocycles. The van der Waals surface area contributed by atoms with Crippen molar-refractivity contribution in [2.45, 2.75) is 64.3 Å². The van der Waals surface area contributed by atoms with Gasteiger partial charge < -0.3 is 9.73 Å². The van der Waals surface area contributed by atoms with E-state index in [0.29, 0.717) is 24.8 Å². The van der Waals surface area contributed by atoms with Crippen molar-refractivity contribution in [3.63, 3.8) is 0 Å². The van der Waals surface area contributed by atoms with Gasteiger partial charge in [0.2, 0.25) is 11.8 Å². The Bertz CT molecular complexity index is 656. The van der Waals surface area contributed by atoms with Gasteiger partial charge in [-0.2, -0.15) is 0 Å². The van der Waals surface area contributed by atoms with Gasteiger partial charge in [0.1, 0.15) is 5.76 Å². The van der Waals surface area contributed by atoms with Gasteiger partial charge in [0.15, 0.2) is 0 Å². The zero-order chi connectivity index (χ0) is 16.8. The molecule has 1 N–H and O–H groups in total. The number of benzene rings is 1. The number of amides is 1. The van der Waals surface area contributed by atoms with Crippen molar-refractivity contribution in [1.29, 1.82) is 0 Å². The molecule has 0 atom stereocenters. The molecule has 128 valence electrons. The van der Waals surface area contributed by atoms with Gasteiger partial charge in [-0.3, -0.25) is 4.79 Å². The number of hydrogen-bond donors (Lipinski definition) is 1. The highest BCUT2D eigenvalue weighted by Gasteiger charge is 2.16. The summed E-state index contributed by atoms with van der Waals surface area (Å²) in [5, 5.41) is 3.19. The molecule has 3 rings (SSSR count). The molecule has 1 aliphatic carbocycles. The lowest BCUT2D eigenvalue weighted by atomic mass is 10.1. The van der Waals surface area contributed by atoms with Crippen LogP contribution in [0, 0.1) is 6.92 Å². The van der Waals surface area contributed by atoms with Crippen LogP contribution >= 0.6 is 0 Å². The standard InChI is InChI=1S/C20H26N2O2/c1-15-18(22-20(24-15)16-9-5-4-6-10-16)13-14-19(23)21-17-11-7-2-3-8-12-17/h4-6,9-10,17H,2-3,7-8,11-14H2,1H3,(H,21,23). The van der Waals surface area contributed by atoms with Crippen molar-refractivity contribution in [3.8, 4) is 11.5 Å². The average Bonchev–Trinajstić information content (AvgIpc) is 2.79. The van der Waals surface area contributed by atoms with Crippen LogP contribution in [0.3, 0.4) is 0 Å². The Balaban J connectivity index is 1.54. The molecule has 0 unspecified atom stereocenters. The maximum atomic E-state index is 12.2. The molecular formula is C20H26N2O2. The van der Waals surface area contributed by atoms with E-state index in [2.05, 4.69) is 10.3 Å². The van der Waals surface area contributed by atoms with E-state index in [9.17, 15) is 4.79 Å². The van der Waals surface area contributed by atoms with Crippen LogP contribution in [0.15, 0.2) is 34.7 Å². The molecule has 1 aromatic carbocycles. The van der Waals surface area contributed by atoms with E-state index < -0.39 is 0 Å². The molecule has 24 heavy (non-hydrogen) atoms. The molecule has 1 heterocycles. The molecule has 0 bridgehead atoms. The largest absolute Gasteiger partial charge is 0.441 e. The molecule has 2 aromatic rings. The molecule has 1 fully saturated rings. The van der Waals surface area contributed by atoms with Crippen LogP contribution in [0.1, 0.15) is 56.4 Å². The third-order valence-corrected chi connectivity index (χ3v) is 4.72. The Morgan fingerprint density at radius 3 is 2.58 bits per heavy atom. The van der Waals surface area contributed by atoms with E-state index in [1.807, 2.05) is 37.3 Å². The SMILES string of the molecule is Cc1oc(-c2ccccc2)nc1CCC(=O)NC1CCCCCC1. The summed E-state index contributed by atoms with van der Waals surface area (Å²) in [5.74, 6) is 1.56. The highest BCUT2D eigenvalue weighted by atomic mass is 16.4. The van der Waals surface area contributed by atoms with E-state index in [4.69, 9.17) is 4.42 Å². The number of nitrogens with zero attached hydrogens (tertiary/aromatic N) is 1. The van der Waals surface area contributed by atoms with Crippen molar-refractivity contribution < 1.29 is 9.21 Å². The lowest BCUT2D eigenvalue weighted by Gasteiger charge is -2.15. The first-order valence-electron chi connectivity index (χ1n) is 9.03. The molecule has 0 radical (unpaired) electrons. The molecule has 0 aliphatic heterocycles. The third-order valence-electron chi connectivity index (χ3n) is 4.72. The Hall–Kier alpha value is -2.10. The van der Waals surface area contributed by atoms with Crippen LogP contribution in [0.25, 0.3) is 11.5 Å². The minimum absolute atomic E-state index is 0.130. The fraction of sp³-hybridized carbons (Fsp3) is 0.500. The van der Waals surface area contributed by atoms with Crippen LogP contribution in [-0.4, -0.2) is 16.9 Å². The first-order valence-corrected chi connectivity index (χ1v) is 9.03. The monoisotopic (exact) mass is 326 g/mol.